The maximum Gasteiger partial charge on any atom is 0.105 e. The largest absolute Gasteiger partial charge is 0.469 e. The van der Waals surface area contributed by atoms with Crippen LogP contribution in [-0.4, -0.2) is 18.6 Å². The fourth-order valence-electron chi connectivity index (χ4n) is 1.81. The number of hydrogen-bond donors (Lipinski definition) is 2. The van der Waals surface area contributed by atoms with Crippen molar-refractivity contribution >= 4 is 0 Å². The maximum absolute atomic E-state index is 6.08. The van der Waals surface area contributed by atoms with Gasteiger partial charge in [-0.1, -0.05) is 0 Å². The molecule has 0 amide bonds. The van der Waals surface area contributed by atoms with E-state index in [4.69, 9.17) is 10.2 Å². The maximum atomic E-state index is 6.08. The molecule has 0 radical (unpaired) electrons. The van der Waals surface area contributed by atoms with Crippen LogP contribution >= 0.6 is 0 Å². The molecular formula is C11H18N2O. The normalized spacial score (nSPS) is 19.2. The van der Waals surface area contributed by atoms with Crippen LogP contribution < -0.4 is 11.1 Å². The Labute approximate surface area is 84.7 Å². The van der Waals surface area contributed by atoms with Gasteiger partial charge in [0.1, 0.15) is 5.76 Å². The van der Waals surface area contributed by atoms with Crippen molar-refractivity contribution in [3.8, 4) is 0 Å². The summed E-state index contributed by atoms with van der Waals surface area (Å²) in [5.74, 6) is 1.04. The number of furan rings is 1. The second-order valence-corrected chi connectivity index (χ2v) is 4.22. The molecule has 3 N–H and O–H groups in total. The fraction of sp³-hybridized carbons (Fsp3) is 0.636. The van der Waals surface area contributed by atoms with E-state index in [1.165, 1.54) is 19.3 Å². The van der Waals surface area contributed by atoms with Crippen LogP contribution in [0.2, 0.25) is 0 Å². The zero-order valence-electron chi connectivity index (χ0n) is 8.46. The van der Waals surface area contributed by atoms with Gasteiger partial charge in [0, 0.05) is 25.0 Å². The van der Waals surface area contributed by atoms with E-state index < -0.39 is 0 Å². The number of nitrogens with one attached hydrogen (secondary N) is 1. The second kappa shape index (κ2) is 4.15. The average molecular weight is 194 g/mol. The highest BCUT2D eigenvalue weighted by molar-refractivity contribution is 4.99. The Bertz CT molecular complexity index is 265. The van der Waals surface area contributed by atoms with E-state index in [0.717, 1.165) is 25.3 Å². The molecule has 0 bridgehead atoms. The first-order valence-corrected chi connectivity index (χ1v) is 5.31. The Hall–Kier alpha value is -0.800. The molecule has 1 fully saturated rings. The second-order valence-electron chi connectivity index (χ2n) is 4.22. The van der Waals surface area contributed by atoms with E-state index in [-0.39, 0.29) is 5.54 Å². The van der Waals surface area contributed by atoms with Crippen LogP contribution in [-0.2, 0) is 6.42 Å². The highest BCUT2D eigenvalue weighted by atomic mass is 16.3. The molecule has 0 saturated heterocycles. The minimum Gasteiger partial charge on any atom is -0.469 e. The predicted octanol–water partition coefficient (Wildman–Crippen LogP) is 1.29. The zero-order chi connectivity index (χ0) is 9.86. The molecule has 2 rings (SSSR count). The third-order valence-electron chi connectivity index (χ3n) is 2.95. The highest BCUT2D eigenvalue weighted by Crippen LogP contribution is 2.27. The van der Waals surface area contributed by atoms with Gasteiger partial charge in [-0.05, 0) is 31.4 Å². The Morgan fingerprint density at radius 3 is 2.93 bits per heavy atom. The quantitative estimate of drug-likeness (QED) is 0.694. The minimum atomic E-state index is 0.0865. The summed E-state index contributed by atoms with van der Waals surface area (Å²) in [4.78, 5) is 0. The summed E-state index contributed by atoms with van der Waals surface area (Å²) in [6, 6.07) is 3.93. The van der Waals surface area contributed by atoms with Crippen LogP contribution in [0.1, 0.15) is 25.0 Å². The summed E-state index contributed by atoms with van der Waals surface area (Å²) in [6.45, 7) is 1.89. The first-order chi connectivity index (χ1) is 6.79. The molecule has 1 saturated carbocycles. The van der Waals surface area contributed by atoms with Gasteiger partial charge in [0.05, 0.1) is 6.26 Å². The van der Waals surface area contributed by atoms with Crippen molar-refractivity contribution in [2.75, 3.05) is 13.1 Å². The lowest BCUT2D eigenvalue weighted by atomic mass is 9.78. The van der Waals surface area contributed by atoms with Gasteiger partial charge in [0.25, 0.3) is 0 Å². The molecule has 14 heavy (non-hydrogen) atoms. The molecule has 78 valence electrons. The molecule has 0 aliphatic heterocycles. The van der Waals surface area contributed by atoms with E-state index in [1.54, 1.807) is 6.26 Å². The van der Waals surface area contributed by atoms with Gasteiger partial charge in [-0.25, -0.2) is 0 Å². The smallest absolute Gasteiger partial charge is 0.105 e. The van der Waals surface area contributed by atoms with Crippen LogP contribution in [0.3, 0.4) is 0 Å². The van der Waals surface area contributed by atoms with Crippen molar-refractivity contribution < 1.29 is 4.42 Å². The molecule has 0 spiro atoms. The summed E-state index contributed by atoms with van der Waals surface area (Å²) < 4.78 is 5.23. The van der Waals surface area contributed by atoms with Crippen LogP contribution in [0.5, 0.6) is 0 Å². The lowest BCUT2D eigenvalue weighted by molar-refractivity contribution is 0.239. The summed E-state index contributed by atoms with van der Waals surface area (Å²) in [6.07, 6.45) is 6.28. The molecule has 1 aromatic heterocycles. The van der Waals surface area contributed by atoms with Crippen molar-refractivity contribution in [2.45, 2.75) is 31.2 Å². The van der Waals surface area contributed by atoms with Gasteiger partial charge in [0.2, 0.25) is 0 Å². The van der Waals surface area contributed by atoms with Gasteiger partial charge in [0.15, 0.2) is 0 Å². The van der Waals surface area contributed by atoms with Crippen molar-refractivity contribution in [1.82, 2.24) is 5.32 Å². The topological polar surface area (TPSA) is 51.2 Å². The lowest BCUT2D eigenvalue weighted by Gasteiger charge is -2.38. The first-order valence-electron chi connectivity index (χ1n) is 5.31. The molecule has 0 aromatic carbocycles. The third kappa shape index (κ3) is 2.36. The van der Waals surface area contributed by atoms with Crippen molar-refractivity contribution in [3.63, 3.8) is 0 Å². The lowest BCUT2D eigenvalue weighted by Crippen LogP contribution is -2.54. The fourth-order valence-corrected chi connectivity index (χ4v) is 1.81. The summed E-state index contributed by atoms with van der Waals surface area (Å²) in [5.41, 5.74) is 6.16. The summed E-state index contributed by atoms with van der Waals surface area (Å²) in [5, 5.41) is 3.38. The Morgan fingerprint density at radius 2 is 2.36 bits per heavy atom. The molecule has 1 aliphatic carbocycles. The zero-order valence-corrected chi connectivity index (χ0v) is 8.46. The molecule has 0 atom stereocenters. The van der Waals surface area contributed by atoms with Crippen molar-refractivity contribution in [3.05, 3.63) is 24.2 Å². The molecule has 0 unspecified atom stereocenters. The number of rotatable bonds is 5. The van der Waals surface area contributed by atoms with Gasteiger partial charge < -0.3 is 15.5 Å². The summed E-state index contributed by atoms with van der Waals surface area (Å²) in [7, 11) is 0. The Balaban J connectivity index is 1.59. The number of nitrogens with two attached hydrogens (primary N) is 1. The van der Waals surface area contributed by atoms with Gasteiger partial charge in [-0.3, -0.25) is 0 Å². The first kappa shape index (κ1) is 9.74. The van der Waals surface area contributed by atoms with Crippen molar-refractivity contribution in [2.24, 2.45) is 5.73 Å². The van der Waals surface area contributed by atoms with E-state index >= 15 is 0 Å². The van der Waals surface area contributed by atoms with Crippen LogP contribution in [0.25, 0.3) is 0 Å². The molecule has 3 heteroatoms. The Kier molecular flexibility index (Phi) is 2.89. The Morgan fingerprint density at radius 1 is 1.50 bits per heavy atom. The number of hydrogen-bond acceptors (Lipinski definition) is 3. The molecule has 1 heterocycles. The van der Waals surface area contributed by atoms with E-state index in [0.29, 0.717) is 0 Å². The minimum absolute atomic E-state index is 0.0865. The van der Waals surface area contributed by atoms with Crippen LogP contribution in [0, 0.1) is 0 Å². The van der Waals surface area contributed by atoms with E-state index in [9.17, 15) is 0 Å². The molecule has 3 nitrogen and oxygen atoms in total. The molecule has 1 aromatic rings. The van der Waals surface area contributed by atoms with Crippen molar-refractivity contribution in [1.29, 1.82) is 0 Å². The van der Waals surface area contributed by atoms with Gasteiger partial charge >= 0.3 is 0 Å². The average Bonchev–Trinajstić information content (AvgIpc) is 2.62. The summed E-state index contributed by atoms with van der Waals surface area (Å²) >= 11 is 0. The standard InChI is InChI=1S/C11H18N2O/c12-11(5-2-6-11)9-13-7-4-10-3-1-8-14-10/h1,3,8,13H,2,4-7,9,12H2. The predicted molar refractivity (Wildman–Crippen MR) is 56.1 cm³/mol. The SMILES string of the molecule is NC1(CNCCc2ccco2)CCC1. The highest BCUT2D eigenvalue weighted by Gasteiger charge is 2.31. The van der Waals surface area contributed by atoms with E-state index in [1.807, 2.05) is 12.1 Å². The van der Waals surface area contributed by atoms with Gasteiger partial charge in [-0.15, -0.1) is 0 Å². The van der Waals surface area contributed by atoms with Crippen LogP contribution in [0.15, 0.2) is 22.8 Å². The molecule has 1 aliphatic rings. The van der Waals surface area contributed by atoms with Gasteiger partial charge in [-0.2, -0.15) is 0 Å². The van der Waals surface area contributed by atoms with E-state index in [2.05, 4.69) is 5.32 Å². The monoisotopic (exact) mass is 194 g/mol. The van der Waals surface area contributed by atoms with Crippen LogP contribution in [0.4, 0.5) is 0 Å². The molecular weight excluding hydrogens is 176 g/mol. The third-order valence-corrected chi connectivity index (χ3v) is 2.95.